The Morgan fingerprint density at radius 2 is 1.89 bits per heavy atom. The zero-order chi connectivity index (χ0) is 14.5. The van der Waals surface area contributed by atoms with Gasteiger partial charge >= 0.3 is 0 Å². The van der Waals surface area contributed by atoms with Crippen LogP contribution in [-0.2, 0) is 4.79 Å². The predicted molar refractivity (Wildman–Crippen MR) is 78.5 cm³/mol. The van der Waals surface area contributed by atoms with Crippen LogP contribution in [0.3, 0.4) is 0 Å². The molecule has 0 radical (unpaired) electrons. The van der Waals surface area contributed by atoms with Gasteiger partial charge in [0, 0.05) is 17.8 Å². The molecule has 1 aromatic rings. The second-order valence-electron chi connectivity index (χ2n) is 5.45. The Morgan fingerprint density at radius 3 is 2.37 bits per heavy atom. The normalized spacial score (nSPS) is 13.1. The number of carbonyl (C=O) groups is 1. The molecule has 0 spiro atoms. The molecule has 0 bridgehead atoms. The van der Waals surface area contributed by atoms with Crippen LogP contribution in [0.15, 0.2) is 24.3 Å². The van der Waals surface area contributed by atoms with Gasteiger partial charge in [0.25, 0.3) is 0 Å². The summed E-state index contributed by atoms with van der Waals surface area (Å²) >= 11 is 5.41. The zero-order valence-corrected chi connectivity index (χ0v) is 12.3. The molecule has 1 rings (SSSR count). The molecule has 0 saturated carbocycles. The Morgan fingerprint density at radius 1 is 1.32 bits per heavy atom. The second kappa shape index (κ2) is 6.89. The minimum Gasteiger partial charge on any atom is -0.387 e. The van der Waals surface area contributed by atoms with Crippen LogP contribution in [0, 0.1) is 0 Å². The number of carbonyl (C=O) groups excluding carboxylic acids is 1. The summed E-state index contributed by atoms with van der Waals surface area (Å²) in [6, 6.07) is 7.08. The van der Waals surface area contributed by atoms with Crippen molar-refractivity contribution in [2.45, 2.75) is 32.4 Å². The average Bonchev–Trinajstić information content (AvgIpc) is 2.36. The van der Waals surface area contributed by atoms with E-state index in [1.165, 1.54) is 0 Å². The molecule has 0 fully saturated rings. The van der Waals surface area contributed by atoms with E-state index >= 15 is 0 Å². The lowest BCUT2D eigenvalue weighted by molar-refractivity contribution is -0.113. The number of nitrogens with one attached hydrogen (secondary N) is 2. The lowest BCUT2D eigenvalue weighted by Gasteiger charge is -2.23. The Bertz CT molecular complexity index is 412. The highest BCUT2D eigenvalue weighted by atomic mass is 35.5. The van der Waals surface area contributed by atoms with Crippen molar-refractivity contribution in [3.8, 4) is 0 Å². The van der Waals surface area contributed by atoms with Crippen molar-refractivity contribution in [1.82, 2.24) is 5.32 Å². The fourth-order valence-electron chi connectivity index (χ4n) is 1.50. The first-order valence-electron chi connectivity index (χ1n) is 6.20. The summed E-state index contributed by atoms with van der Waals surface area (Å²) in [7, 11) is 0. The van der Waals surface area contributed by atoms with Crippen molar-refractivity contribution in [3.63, 3.8) is 0 Å². The molecule has 1 unspecified atom stereocenters. The minimum atomic E-state index is -0.572. The molecule has 0 heterocycles. The molecule has 0 aliphatic rings. The van der Waals surface area contributed by atoms with Crippen LogP contribution in [0.5, 0.6) is 0 Å². The lowest BCUT2D eigenvalue weighted by atomic mass is 10.1. The molecule has 1 amide bonds. The predicted octanol–water partition coefficient (Wildman–Crippen LogP) is 2.29. The standard InChI is InChI=1S/C14H21ClN2O2/c1-14(2,3)16-9-12(18)10-4-6-11(7-5-10)17-13(19)8-15/h4-7,12,16,18H,8-9H2,1-3H3,(H,17,19). The maximum absolute atomic E-state index is 11.1. The number of rotatable bonds is 5. The Hall–Kier alpha value is -1.10. The van der Waals surface area contributed by atoms with Crippen LogP contribution in [0.2, 0.25) is 0 Å². The Labute approximate surface area is 119 Å². The number of benzene rings is 1. The van der Waals surface area contributed by atoms with Crippen molar-refractivity contribution >= 4 is 23.2 Å². The summed E-state index contributed by atoms with van der Waals surface area (Å²) in [6.07, 6.45) is -0.572. The number of alkyl halides is 1. The van der Waals surface area contributed by atoms with E-state index < -0.39 is 6.10 Å². The van der Waals surface area contributed by atoms with Crippen LogP contribution in [0.25, 0.3) is 0 Å². The van der Waals surface area contributed by atoms with Gasteiger partial charge in [0.05, 0.1) is 6.10 Å². The number of aliphatic hydroxyl groups excluding tert-OH is 1. The number of amides is 1. The third kappa shape index (κ3) is 6.05. The topological polar surface area (TPSA) is 61.4 Å². The van der Waals surface area contributed by atoms with Crippen molar-refractivity contribution in [2.75, 3.05) is 17.7 Å². The quantitative estimate of drug-likeness (QED) is 0.727. The van der Waals surface area contributed by atoms with Crippen molar-refractivity contribution in [3.05, 3.63) is 29.8 Å². The Balaban J connectivity index is 2.58. The van der Waals surface area contributed by atoms with Gasteiger partial charge in [-0.2, -0.15) is 0 Å². The van der Waals surface area contributed by atoms with E-state index in [4.69, 9.17) is 11.6 Å². The summed E-state index contributed by atoms with van der Waals surface area (Å²) in [4.78, 5) is 11.1. The molecule has 3 N–H and O–H groups in total. The molecule has 0 aliphatic heterocycles. The van der Waals surface area contributed by atoms with Crippen molar-refractivity contribution in [2.24, 2.45) is 0 Å². The number of hydrogen-bond acceptors (Lipinski definition) is 3. The summed E-state index contributed by atoms with van der Waals surface area (Å²) in [5.41, 5.74) is 1.45. The largest absolute Gasteiger partial charge is 0.387 e. The fraction of sp³-hybridized carbons (Fsp3) is 0.500. The first-order chi connectivity index (χ1) is 8.81. The fourth-order valence-corrected chi connectivity index (χ4v) is 1.57. The third-order valence-electron chi connectivity index (χ3n) is 2.53. The van der Waals surface area contributed by atoms with E-state index in [1.54, 1.807) is 24.3 Å². The van der Waals surface area contributed by atoms with Gasteiger partial charge in [-0.25, -0.2) is 0 Å². The lowest BCUT2D eigenvalue weighted by Crippen LogP contribution is -2.38. The highest BCUT2D eigenvalue weighted by Crippen LogP contribution is 2.16. The number of aliphatic hydroxyl groups is 1. The third-order valence-corrected chi connectivity index (χ3v) is 2.77. The van der Waals surface area contributed by atoms with Crippen LogP contribution in [0.1, 0.15) is 32.4 Å². The number of anilines is 1. The van der Waals surface area contributed by atoms with Gasteiger partial charge in [-0.15, -0.1) is 11.6 Å². The van der Waals surface area contributed by atoms with Crippen molar-refractivity contribution < 1.29 is 9.90 Å². The zero-order valence-electron chi connectivity index (χ0n) is 11.5. The van der Waals surface area contributed by atoms with Crippen LogP contribution >= 0.6 is 11.6 Å². The molecule has 1 aromatic carbocycles. The molecule has 106 valence electrons. The summed E-state index contributed by atoms with van der Waals surface area (Å²) in [5, 5.41) is 15.9. The van der Waals surface area contributed by atoms with Gasteiger partial charge in [-0.05, 0) is 38.5 Å². The monoisotopic (exact) mass is 284 g/mol. The van der Waals surface area contributed by atoms with Gasteiger partial charge < -0.3 is 15.7 Å². The van der Waals surface area contributed by atoms with E-state index in [2.05, 4.69) is 10.6 Å². The molecule has 5 heteroatoms. The number of halogens is 1. The first-order valence-corrected chi connectivity index (χ1v) is 6.74. The number of hydrogen-bond donors (Lipinski definition) is 3. The maximum atomic E-state index is 11.1. The molecule has 19 heavy (non-hydrogen) atoms. The van der Waals surface area contributed by atoms with E-state index in [9.17, 15) is 9.90 Å². The minimum absolute atomic E-state index is 0.0325. The van der Waals surface area contributed by atoms with E-state index in [1.807, 2.05) is 20.8 Å². The highest BCUT2D eigenvalue weighted by molar-refractivity contribution is 6.29. The molecule has 0 aliphatic carbocycles. The molecular formula is C14H21ClN2O2. The van der Waals surface area contributed by atoms with Crippen molar-refractivity contribution in [1.29, 1.82) is 0 Å². The smallest absolute Gasteiger partial charge is 0.239 e. The summed E-state index contributed by atoms with van der Waals surface area (Å²) in [6.45, 7) is 6.62. The van der Waals surface area contributed by atoms with E-state index in [-0.39, 0.29) is 17.3 Å². The highest BCUT2D eigenvalue weighted by Gasteiger charge is 2.13. The van der Waals surface area contributed by atoms with Crippen LogP contribution in [0.4, 0.5) is 5.69 Å². The maximum Gasteiger partial charge on any atom is 0.239 e. The van der Waals surface area contributed by atoms with Gasteiger partial charge in [0.2, 0.25) is 5.91 Å². The Kier molecular flexibility index (Phi) is 5.79. The van der Waals surface area contributed by atoms with Gasteiger partial charge in [-0.3, -0.25) is 4.79 Å². The molecule has 4 nitrogen and oxygen atoms in total. The molecule has 0 aromatic heterocycles. The van der Waals surface area contributed by atoms with E-state index in [0.717, 1.165) is 5.56 Å². The summed E-state index contributed by atoms with van der Waals surface area (Å²) in [5.74, 6) is -0.316. The van der Waals surface area contributed by atoms with E-state index in [0.29, 0.717) is 12.2 Å². The molecule has 0 saturated heterocycles. The molecule has 1 atom stereocenters. The first kappa shape index (κ1) is 16.0. The molecular weight excluding hydrogens is 264 g/mol. The van der Waals surface area contributed by atoms with Gasteiger partial charge in [0.15, 0.2) is 0 Å². The second-order valence-corrected chi connectivity index (χ2v) is 5.72. The summed E-state index contributed by atoms with van der Waals surface area (Å²) < 4.78 is 0. The average molecular weight is 285 g/mol. The number of β-amino-alcohol motifs (C(OH)–C–C–N with tert-alkyl or cyclic N) is 1. The van der Waals surface area contributed by atoms with Crippen LogP contribution in [-0.4, -0.2) is 29.0 Å². The van der Waals surface area contributed by atoms with Gasteiger partial charge in [0.1, 0.15) is 5.88 Å². The van der Waals surface area contributed by atoms with Gasteiger partial charge in [-0.1, -0.05) is 12.1 Å². The SMILES string of the molecule is CC(C)(C)NCC(O)c1ccc(NC(=O)CCl)cc1. The van der Waals surface area contributed by atoms with Crippen LogP contribution < -0.4 is 10.6 Å².